The molecule has 2 amide bonds. The molecule has 0 bridgehead atoms. The zero-order chi connectivity index (χ0) is 21.1. The fourth-order valence-electron chi connectivity index (χ4n) is 4.41. The van der Waals surface area contributed by atoms with Crippen LogP contribution < -0.4 is 5.32 Å². The number of amides is 2. The van der Waals surface area contributed by atoms with Gasteiger partial charge in [-0.3, -0.25) is 0 Å². The van der Waals surface area contributed by atoms with Crippen LogP contribution in [0.2, 0.25) is 0 Å². The van der Waals surface area contributed by atoms with Gasteiger partial charge in [0.15, 0.2) is 0 Å². The lowest BCUT2D eigenvalue weighted by molar-refractivity contribution is 0.178. The van der Waals surface area contributed by atoms with Crippen LogP contribution in [-0.2, 0) is 10.2 Å². The molecule has 2 aromatic rings. The second-order valence-electron chi connectivity index (χ2n) is 8.19. The molecule has 1 saturated carbocycles. The number of urea groups is 1. The first-order valence-corrected chi connectivity index (χ1v) is 12.1. The summed E-state index contributed by atoms with van der Waals surface area (Å²) in [6.45, 7) is 1.42. The molecule has 1 N–H and O–H groups in total. The molecule has 0 spiro atoms. The second kappa shape index (κ2) is 8.91. The van der Waals surface area contributed by atoms with E-state index in [2.05, 4.69) is 5.32 Å². The first-order chi connectivity index (χ1) is 14.4. The van der Waals surface area contributed by atoms with Crippen molar-refractivity contribution in [3.63, 3.8) is 0 Å². The second-order valence-corrected chi connectivity index (χ2v) is 10.2. The molecule has 1 aliphatic heterocycles. The summed E-state index contributed by atoms with van der Waals surface area (Å²) < 4.78 is 29.1. The Morgan fingerprint density at radius 2 is 1.63 bits per heavy atom. The molecule has 0 radical (unpaired) electrons. The lowest BCUT2D eigenvalue weighted by atomic mass is 9.96. The molecule has 1 heterocycles. The number of carbonyl (C=O) groups is 1. The third-order valence-corrected chi connectivity index (χ3v) is 8.35. The lowest BCUT2D eigenvalue weighted by Gasteiger charge is -2.38. The van der Waals surface area contributed by atoms with Gasteiger partial charge in [-0.2, -0.15) is 17.0 Å². The van der Waals surface area contributed by atoms with E-state index in [0.717, 1.165) is 42.1 Å². The molecule has 2 aromatic carbocycles. The first kappa shape index (κ1) is 21.1. The molecule has 0 unspecified atom stereocenters. The molecular weight excluding hydrogens is 400 g/mol. The average molecular weight is 431 g/mol. The maximum Gasteiger partial charge on any atom is 0.321 e. The molecule has 162 valence electrons. The van der Waals surface area contributed by atoms with E-state index in [9.17, 15) is 13.2 Å². The van der Waals surface area contributed by atoms with Crippen LogP contribution in [0.1, 0.15) is 32.1 Å². The fourth-order valence-corrected chi connectivity index (χ4v) is 5.98. The summed E-state index contributed by atoms with van der Waals surface area (Å²) in [5.41, 5.74) is 0.741. The van der Waals surface area contributed by atoms with Crippen molar-refractivity contribution >= 4 is 32.7 Å². The summed E-state index contributed by atoms with van der Waals surface area (Å²) in [6, 6.07) is 13.7. The fraction of sp³-hybridized carbons (Fsp3) is 0.500. The molecule has 1 aliphatic carbocycles. The number of carbonyl (C=O) groups excluding carboxylic acids is 1. The van der Waals surface area contributed by atoms with E-state index >= 15 is 0 Å². The Morgan fingerprint density at radius 3 is 2.33 bits per heavy atom. The predicted molar refractivity (Wildman–Crippen MR) is 120 cm³/mol. The van der Waals surface area contributed by atoms with Crippen molar-refractivity contribution in [1.29, 1.82) is 0 Å². The quantitative estimate of drug-likeness (QED) is 0.807. The molecular formula is C22H30N4O3S. The van der Waals surface area contributed by atoms with Crippen molar-refractivity contribution in [1.82, 2.24) is 13.5 Å². The highest BCUT2D eigenvalue weighted by Gasteiger charge is 2.35. The van der Waals surface area contributed by atoms with Gasteiger partial charge in [0.1, 0.15) is 0 Å². The van der Waals surface area contributed by atoms with Crippen molar-refractivity contribution in [2.75, 3.05) is 38.5 Å². The molecule has 8 heteroatoms. The van der Waals surface area contributed by atoms with Crippen LogP contribution in [0.5, 0.6) is 0 Å². The first-order valence-electron chi connectivity index (χ1n) is 10.7. The largest absolute Gasteiger partial charge is 0.322 e. The van der Waals surface area contributed by atoms with Gasteiger partial charge in [0.2, 0.25) is 0 Å². The minimum atomic E-state index is -3.49. The molecule has 1 saturated heterocycles. The number of fused-ring (bicyclic) bond motifs is 1. The molecule has 0 atom stereocenters. The van der Waals surface area contributed by atoms with E-state index in [-0.39, 0.29) is 12.1 Å². The van der Waals surface area contributed by atoms with Crippen LogP contribution >= 0.6 is 0 Å². The smallest absolute Gasteiger partial charge is 0.321 e. The Balaban J connectivity index is 1.34. The number of nitrogens with one attached hydrogen (secondary N) is 1. The third kappa shape index (κ3) is 4.45. The summed E-state index contributed by atoms with van der Waals surface area (Å²) in [7, 11) is -1.79. The molecule has 2 fully saturated rings. The summed E-state index contributed by atoms with van der Waals surface area (Å²) in [5, 5.41) is 5.13. The van der Waals surface area contributed by atoms with Gasteiger partial charge in [-0.05, 0) is 35.7 Å². The van der Waals surface area contributed by atoms with Crippen LogP contribution in [0.4, 0.5) is 10.5 Å². The highest BCUT2D eigenvalue weighted by atomic mass is 32.2. The monoisotopic (exact) mass is 430 g/mol. The maximum atomic E-state index is 13.0. The van der Waals surface area contributed by atoms with Crippen molar-refractivity contribution < 1.29 is 13.2 Å². The summed E-state index contributed by atoms with van der Waals surface area (Å²) >= 11 is 0. The zero-order valence-electron chi connectivity index (χ0n) is 17.5. The number of hydrogen-bond donors (Lipinski definition) is 1. The Labute approximate surface area is 178 Å². The number of benzene rings is 2. The number of hydrogen-bond acceptors (Lipinski definition) is 3. The summed E-state index contributed by atoms with van der Waals surface area (Å²) in [6.07, 6.45) is 5.24. The van der Waals surface area contributed by atoms with Gasteiger partial charge in [-0.1, -0.05) is 49.6 Å². The van der Waals surface area contributed by atoms with Crippen LogP contribution in [0, 0.1) is 0 Å². The van der Waals surface area contributed by atoms with Crippen molar-refractivity contribution in [2.24, 2.45) is 0 Å². The van der Waals surface area contributed by atoms with Crippen molar-refractivity contribution in [3.8, 4) is 0 Å². The predicted octanol–water partition coefficient (Wildman–Crippen LogP) is 3.50. The van der Waals surface area contributed by atoms with E-state index in [1.54, 1.807) is 16.3 Å². The topological polar surface area (TPSA) is 73.0 Å². The normalized spacial score (nSPS) is 19.3. The molecule has 2 aliphatic rings. The third-order valence-electron chi connectivity index (χ3n) is 6.31. The Morgan fingerprint density at radius 1 is 0.967 bits per heavy atom. The van der Waals surface area contributed by atoms with E-state index in [4.69, 9.17) is 0 Å². The van der Waals surface area contributed by atoms with E-state index < -0.39 is 10.2 Å². The van der Waals surface area contributed by atoms with Crippen LogP contribution in [0.15, 0.2) is 42.5 Å². The van der Waals surface area contributed by atoms with Gasteiger partial charge in [0, 0.05) is 45.0 Å². The standard InChI is InChI=1S/C22H30N4O3S/c1-24(21-9-3-2-4-10-21)30(28,29)26-15-13-25(14-16-26)22(27)23-20-12-11-18-7-5-6-8-19(18)17-20/h5-8,11-12,17,21H,2-4,9-10,13-16H2,1H3,(H,23,27). The molecule has 0 aromatic heterocycles. The number of anilines is 1. The van der Waals surface area contributed by atoms with E-state index in [1.165, 1.54) is 10.7 Å². The Kier molecular flexibility index (Phi) is 6.26. The minimum absolute atomic E-state index is 0.0954. The van der Waals surface area contributed by atoms with Gasteiger partial charge >= 0.3 is 6.03 Å². The van der Waals surface area contributed by atoms with E-state index in [0.29, 0.717) is 26.2 Å². The Hall–Kier alpha value is -2.16. The summed E-state index contributed by atoms with van der Waals surface area (Å²) in [4.78, 5) is 14.4. The van der Waals surface area contributed by atoms with Gasteiger partial charge in [-0.15, -0.1) is 0 Å². The minimum Gasteiger partial charge on any atom is -0.322 e. The number of piperazine rings is 1. The van der Waals surface area contributed by atoms with Crippen LogP contribution in [0.3, 0.4) is 0 Å². The average Bonchev–Trinajstić information content (AvgIpc) is 2.79. The number of nitrogens with zero attached hydrogens (tertiary/aromatic N) is 3. The van der Waals surface area contributed by atoms with Crippen LogP contribution in [-0.4, -0.2) is 67.2 Å². The maximum absolute atomic E-state index is 13.0. The zero-order valence-corrected chi connectivity index (χ0v) is 18.3. The molecule has 7 nitrogen and oxygen atoms in total. The number of rotatable bonds is 4. The Bertz CT molecular complexity index is 996. The van der Waals surface area contributed by atoms with Crippen molar-refractivity contribution in [2.45, 2.75) is 38.1 Å². The highest BCUT2D eigenvalue weighted by molar-refractivity contribution is 7.86. The van der Waals surface area contributed by atoms with Crippen LogP contribution in [0.25, 0.3) is 10.8 Å². The lowest BCUT2D eigenvalue weighted by Crippen LogP contribution is -2.55. The molecule has 4 rings (SSSR count). The van der Waals surface area contributed by atoms with Gasteiger partial charge in [-0.25, -0.2) is 4.79 Å². The highest BCUT2D eigenvalue weighted by Crippen LogP contribution is 2.25. The van der Waals surface area contributed by atoms with Crippen molar-refractivity contribution in [3.05, 3.63) is 42.5 Å². The molecule has 30 heavy (non-hydrogen) atoms. The summed E-state index contributed by atoms with van der Waals surface area (Å²) in [5.74, 6) is 0. The SMILES string of the molecule is CN(C1CCCCC1)S(=O)(=O)N1CCN(C(=O)Nc2ccc3ccccc3c2)CC1. The van der Waals surface area contributed by atoms with E-state index in [1.807, 2.05) is 42.5 Å². The van der Waals surface area contributed by atoms with Gasteiger partial charge < -0.3 is 10.2 Å². The van der Waals surface area contributed by atoms with Gasteiger partial charge in [0.05, 0.1) is 0 Å². The van der Waals surface area contributed by atoms with Gasteiger partial charge in [0.25, 0.3) is 10.2 Å².